The Labute approximate surface area is 205 Å². The van der Waals surface area contributed by atoms with Gasteiger partial charge in [0, 0.05) is 25.6 Å². The molecule has 0 saturated carbocycles. The van der Waals surface area contributed by atoms with Crippen molar-refractivity contribution in [1.29, 1.82) is 0 Å². The summed E-state index contributed by atoms with van der Waals surface area (Å²) in [5.74, 6) is -0.163. The Hall–Kier alpha value is -3.40. The van der Waals surface area contributed by atoms with Crippen LogP contribution in [-0.2, 0) is 16.1 Å². The molecule has 3 N–H and O–H groups in total. The van der Waals surface area contributed by atoms with Crippen molar-refractivity contribution in [3.63, 3.8) is 0 Å². The largest absolute Gasteiger partial charge is 0.383 e. The third-order valence-electron chi connectivity index (χ3n) is 6.66. The smallest absolute Gasteiger partial charge is 0.330 e. The van der Waals surface area contributed by atoms with Crippen LogP contribution >= 0.6 is 0 Å². The van der Waals surface area contributed by atoms with Gasteiger partial charge in [-0.3, -0.25) is 28.8 Å². The van der Waals surface area contributed by atoms with Gasteiger partial charge in [-0.05, 0) is 52.3 Å². The van der Waals surface area contributed by atoms with Crippen LogP contribution in [0.2, 0.25) is 0 Å². The van der Waals surface area contributed by atoms with E-state index in [4.69, 9.17) is 5.73 Å². The van der Waals surface area contributed by atoms with Gasteiger partial charge in [0.25, 0.3) is 5.56 Å². The zero-order valence-electron chi connectivity index (χ0n) is 20.8. The highest BCUT2D eigenvalue weighted by Gasteiger charge is 2.30. The minimum atomic E-state index is -0.685. The molecule has 0 bridgehead atoms. The molecule has 0 spiro atoms. The second-order valence-electron chi connectivity index (χ2n) is 8.76. The van der Waals surface area contributed by atoms with Gasteiger partial charge in [-0.2, -0.15) is 0 Å². The van der Waals surface area contributed by atoms with Crippen molar-refractivity contribution in [2.24, 2.45) is 5.92 Å². The Kier molecular flexibility index (Phi) is 8.86. The summed E-state index contributed by atoms with van der Waals surface area (Å²) in [6, 6.07) is 9.28. The summed E-state index contributed by atoms with van der Waals surface area (Å²) in [4.78, 5) is 58.5. The van der Waals surface area contributed by atoms with Crippen molar-refractivity contribution in [3.05, 3.63) is 56.7 Å². The highest BCUT2D eigenvalue weighted by atomic mass is 16.2. The van der Waals surface area contributed by atoms with Gasteiger partial charge in [-0.1, -0.05) is 30.3 Å². The lowest BCUT2D eigenvalue weighted by Crippen LogP contribution is -2.48. The number of carbonyl (C=O) groups excluding carboxylic acids is 2. The van der Waals surface area contributed by atoms with E-state index in [0.717, 1.165) is 5.56 Å². The first-order valence-electron chi connectivity index (χ1n) is 12.3. The molecular weight excluding hydrogens is 448 g/mol. The number of carbonyl (C=O) groups is 2. The third kappa shape index (κ3) is 6.00. The van der Waals surface area contributed by atoms with Crippen LogP contribution in [0.4, 0.5) is 11.5 Å². The molecule has 0 unspecified atom stereocenters. The lowest BCUT2D eigenvalue weighted by molar-refractivity contribution is -0.136. The molecule has 10 heteroatoms. The minimum absolute atomic E-state index is 0.0142. The van der Waals surface area contributed by atoms with Crippen LogP contribution in [-0.4, -0.2) is 70.4 Å². The van der Waals surface area contributed by atoms with Gasteiger partial charge >= 0.3 is 5.69 Å². The van der Waals surface area contributed by atoms with Gasteiger partial charge in [0.2, 0.25) is 11.8 Å². The molecule has 1 aliphatic heterocycles. The number of nitrogens with two attached hydrogens (primary N) is 1. The Balaban J connectivity index is 1.74. The van der Waals surface area contributed by atoms with Gasteiger partial charge in [-0.15, -0.1) is 0 Å². The topological polar surface area (TPSA) is 125 Å². The van der Waals surface area contributed by atoms with Crippen molar-refractivity contribution >= 4 is 23.3 Å². The van der Waals surface area contributed by atoms with E-state index in [2.05, 4.69) is 4.98 Å². The molecule has 35 heavy (non-hydrogen) atoms. The number of H-pyrrole nitrogens is 1. The number of hydrogen-bond donors (Lipinski definition) is 2. The van der Waals surface area contributed by atoms with E-state index in [0.29, 0.717) is 39.0 Å². The van der Waals surface area contributed by atoms with Crippen LogP contribution in [0.5, 0.6) is 0 Å². The number of amides is 2. The van der Waals surface area contributed by atoms with E-state index < -0.39 is 11.2 Å². The zero-order valence-corrected chi connectivity index (χ0v) is 20.8. The summed E-state index contributed by atoms with van der Waals surface area (Å²) in [6.07, 6.45) is 1.39. The molecule has 1 saturated heterocycles. The summed E-state index contributed by atoms with van der Waals surface area (Å²) in [7, 11) is 0. The molecule has 1 aromatic heterocycles. The van der Waals surface area contributed by atoms with E-state index in [1.807, 2.05) is 54.0 Å². The Bertz CT molecular complexity index is 1130. The average Bonchev–Trinajstić information content (AvgIpc) is 2.86. The second kappa shape index (κ2) is 11.8. The van der Waals surface area contributed by atoms with E-state index >= 15 is 0 Å². The summed E-state index contributed by atoms with van der Waals surface area (Å²) in [6.45, 7) is 8.87. The Morgan fingerprint density at radius 3 is 2.23 bits per heavy atom. The van der Waals surface area contributed by atoms with E-state index in [9.17, 15) is 19.2 Å². The quantitative estimate of drug-likeness (QED) is 0.549. The molecule has 0 radical (unpaired) electrons. The monoisotopic (exact) mass is 484 g/mol. The molecule has 1 fully saturated rings. The fourth-order valence-electron chi connectivity index (χ4n) is 4.63. The molecule has 1 aliphatic rings. The van der Waals surface area contributed by atoms with Gasteiger partial charge < -0.3 is 15.5 Å². The van der Waals surface area contributed by atoms with Crippen LogP contribution in [0.15, 0.2) is 39.9 Å². The van der Waals surface area contributed by atoms with Crippen LogP contribution < -0.4 is 21.9 Å². The molecule has 1 aromatic carbocycles. The van der Waals surface area contributed by atoms with Crippen LogP contribution in [0.1, 0.15) is 39.2 Å². The van der Waals surface area contributed by atoms with E-state index in [1.165, 1.54) is 9.47 Å². The van der Waals surface area contributed by atoms with Crippen molar-refractivity contribution in [2.75, 3.05) is 49.9 Å². The SMILES string of the molecule is CCN(CC)C(=O)C1CCN(CC(=O)N(CC)c2c(N)n(Cc3ccccc3)c(=O)[nH]c2=O)CC1. The van der Waals surface area contributed by atoms with Crippen molar-refractivity contribution < 1.29 is 9.59 Å². The molecule has 190 valence electrons. The Morgan fingerprint density at radius 1 is 1.03 bits per heavy atom. The number of anilines is 2. The van der Waals surface area contributed by atoms with Crippen LogP contribution in [0.25, 0.3) is 0 Å². The highest BCUT2D eigenvalue weighted by molar-refractivity contribution is 5.96. The van der Waals surface area contributed by atoms with Crippen molar-refractivity contribution in [1.82, 2.24) is 19.4 Å². The van der Waals surface area contributed by atoms with Crippen LogP contribution in [0, 0.1) is 5.92 Å². The number of nitrogen functional groups attached to an aromatic ring is 1. The predicted octanol–water partition coefficient (Wildman–Crippen LogP) is 1.10. The molecule has 2 amide bonds. The first-order chi connectivity index (χ1) is 16.8. The fourth-order valence-corrected chi connectivity index (χ4v) is 4.63. The maximum Gasteiger partial charge on any atom is 0.330 e. The van der Waals surface area contributed by atoms with Gasteiger partial charge in [0.05, 0.1) is 13.1 Å². The van der Waals surface area contributed by atoms with Crippen LogP contribution in [0.3, 0.4) is 0 Å². The van der Waals surface area contributed by atoms with Crippen molar-refractivity contribution in [2.45, 2.75) is 40.2 Å². The number of likely N-dealkylation sites (N-methyl/N-ethyl adjacent to an activating group) is 1. The summed E-state index contributed by atoms with van der Waals surface area (Å²) < 4.78 is 1.27. The molecule has 10 nitrogen and oxygen atoms in total. The summed E-state index contributed by atoms with van der Waals surface area (Å²) in [5.41, 5.74) is 5.80. The number of nitrogens with one attached hydrogen (secondary N) is 1. The number of rotatable bonds is 9. The number of nitrogens with zero attached hydrogens (tertiary/aromatic N) is 4. The average molecular weight is 485 g/mol. The normalized spacial score (nSPS) is 14.6. The number of piperidine rings is 1. The molecule has 3 rings (SSSR count). The fraction of sp³-hybridized carbons (Fsp3) is 0.520. The standard InChI is InChI=1S/C25H36N6O4/c1-4-29(5-2)24(34)19-12-14-28(15-13-19)17-20(32)30(6-3)21-22(26)31(25(35)27-23(21)33)16-18-10-8-7-9-11-18/h7-11,19H,4-6,12-17,26H2,1-3H3,(H,27,33,35). The minimum Gasteiger partial charge on any atom is -0.383 e. The lowest BCUT2D eigenvalue weighted by Gasteiger charge is -2.34. The van der Waals surface area contributed by atoms with Gasteiger partial charge in [-0.25, -0.2) is 4.79 Å². The molecule has 2 heterocycles. The molecular formula is C25H36N6O4. The maximum atomic E-state index is 13.2. The summed E-state index contributed by atoms with van der Waals surface area (Å²) >= 11 is 0. The maximum absolute atomic E-state index is 13.2. The third-order valence-corrected chi connectivity index (χ3v) is 6.66. The number of aromatic nitrogens is 2. The molecule has 0 atom stereocenters. The summed E-state index contributed by atoms with van der Waals surface area (Å²) in [5, 5.41) is 0. The van der Waals surface area contributed by atoms with E-state index in [-0.39, 0.29) is 48.9 Å². The zero-order chi connectivity index (χ0) is 25.5. The number of benzene rings is 1. The van der Waals surface area contributed by atoms with Crippen molar-refractivity contribution in [3.8, 4) is 0 Å². The molecule has 0 aliphatic carbocycles. The Morgan fingerprint density at radius 2 is 1.66 bits per heavy atom. The number of likely N-dealkylation sites (tertiary alicyclic amines) is 1. The number of aromatic amines is 1. The number of hydrogen-bond acceptors (Lipinski definition) is 6. The molecule has 2 aromatic rings. The highest BCUT2D eigenvalue weighted by Crippen LogP contribution is 2.21. The lowest BCUT2D eigenvalue weighted by atomic mass is 9.95. The first kappa shape index (κ1) is 26.2. The van der Waals surface area contributed by atoms with Gasteiger partial charge in [0.15, 0.2) is 5.69 Å². The predicted molar refractivity (Wildman–Crippen MR) is 136 cm³/mol. The van der Waals surface area contributed by atoms with Gasteiger partial charge in [0.1, 0.15) is 5.82 Å². The second-order valence-corrected chi connectivity index (χ2v) is 8.76. The van der Waals surface area contributed by atoms with E-state index in [1.54, 1.807) is 6.92 Å². The first-order valence-corrected chi connectivity index (χ1v) is 12.3.